The summed E-state index contributed by atoms with van der Waals surface area (Å²) < 4.78 is 5.36. The van der Waals surface area contributed by atoms with Crippen molar-refractivity contribution < 1.29 is 26.9 Å². The normalized spacial score (nSPS) is 21.1. The first-order valence-electron chi connectivity index (χ1n) is 11.0. The van der Waals surface area contributed by atoms with Gasteiger partial charge in [-0.15, -0.1) is 0 Å². The molecule has 1 atom stereocenters. The minimum absolute atomic E-state index is 0. The van der Waals surface area contributed by atoms with Crippen molar-refractivity contribution >= 4 is 10.9 Å². The summed E-state index contributed by atoms with van der Waals surface area (Å²) in [5.41, 5.74) is 1.74. The van der Waals surface area contributed by atoms with Crippen LogP contribution in [0.3, 0.4) is 0 Å². The molecule has 5 rings (SSSR count). The molecule has 0 spiro atoms. The van der Waals surface area contributed by atoms with Crippen LogP contribution in [0.1, 0.15) is 30.9 Å². The quantitative estimate of drug-likeness (QED) is 0.652. The minimum atomic E-state index is -0.664. The van der Waals surface area contributed by atoms with Crippen molar-refractivity contribution in [2.24, 2.45) is 0 Å². The Bertz CT molecular complexity index is 813. The summed E-state index contributed by atoms with van der Waals surface area (Å²) in [6.07, 6.45) is 21.2. The van der Waals surface area contributed by atoms with Crippen molar-refractivity contribution in [3.63, 3.8) is 0 Å². The van der Waals surface area contributed by atoms with Crippen LogP contribution in [-0.4, -0.2) is 41.7 Å². The van der Waals surface area contributed by atoms with Crippen LogP contribution in [0.15, 0.2) is 30.5 Å². The number of fused-ring (bicyclic) bond motifs is 1. The molecule has 2 aromatic rings. The molecule has 5 heteroatoms. The SMILES string of the molecule is COc1ccc2nccc([C@@H](O)[C]3[CH][CH][CH][C]3CN3CCCCC3)c2c1.[CH]1[CH][CH][CH][CH]1.[Fe+2]. The van der Waals surface area contributed by atoms with Crippen LogP contribution >= 0.6 is 0 Å². The zero-order valence-electron chi connectivity index (χ0n) is 18.4. The number of rotatable bonds is 5. The van der Waals surface area contributed by atoms with Gasteiger partial charge in [0, 0.05) is 30.0 Å². The van der Waals surface area contributed by atoms with E-state index in [0.29, 0.717) is 0 Å². The molecule has 2 heterocycles. The maximum Gasteiger partial charge on any atom is 2.00 e. The van der Waals surface area contributed by atoms with E-state index in [9.17, 15) is 5.11 Å². The van der Waals surface area contributed by atoms with Crippen molar-refractivity contribution in [2.45, 2.75) is 25.4 Å². The van der Waals surface area contributed by atoms with Gasteiger partial charge in [-0.2, -0.15) is 0 Å². The fourth-order valence-electron chi connectivity index (χ4n) is 4.24. The third-order valence-corrected chi connectivity index (χ3v) is 5.91. The third kappa shape index (κ3) is 6.47. The molecule has 1 aromatic carbocycles. The molecule has 0 bridgehead atoms. The van der Waals surface area contributed by atoms with Gasteiger partial charge in [-0.1, -0.05) is 6.42 Å². The van der Waals surface area contributed by atoms with Crippen molar-refractivity contribution in [1.29, 1.82) is 0 Å². The molecule has 0 unspecified atom stereocenters. The first-order chi connectivity index (χ1) is 15.3. The minimum Gasteiger partial charge on any atom is -0.497 e. The zero-order chi connectivity index (χ0) is 21.5. The van der Waals surface area contributed by atoms with Crippen molar-refractivity contribution in [3.05, 3.63) is 99.2 Å². The second-order valence-electron chi connectivity index (χ2n) is 7.99. The average Bonchev–Trinajstić information content (AvgIpc) is 3.54. The average molecular weight is 470 g/mol. The van der Waals surface area contributed by atoms with Gasteiger partial charge >= 0.3 is 17.1 Å². The number of hydrogen-bond donors (Lipinski definition) is 1. The Morgan fingerprint density at radius 3 is 2.38 bits per heavy atom. The second-order valence-corrected chi connectivity index (χ2v) is 7.99. The van der Waals surface area contributed by atoms with E-state index in [-0.39, 0.29) is 17.1 Å². The fraction of sp³-hybridized carbons (Fsp3) is 0.296. The van der Waals surface area contributed by atoms with E-state index in [2.05, 4.69) is 16.3 Å². The topological polar surface area (TPSA) is 45.6 Å². The van der Waals surface area contributed by atoms with Gasteiger partial charge in [0.25, 0.3) is 0 Å². The summed E-state index contributed by atoms with van der Waals surface area (Å²) >= 11 is 0. The van der Waals surface area contributed by atoms with E-state index in [1.54, 1.807) is 13.3 Å². The van der Waals surface area contributed by atoms with Crippen LogP contribution in [0, 0.1) is 63.2 Å². The summed E-state index contributed by atoms with van der Waals surface area (Å²) in [6.45, 7) is 3.21. The maximum atomic E-state index is 11.2. The van der Waals surface area contributed by atoms with E-state index >= 15 is 0 Å². The van der Waals surface area contributed by atoms with E-state index < -0.39 is 6.10 Å². The first-order valence-corrected chi connectivity index (χ1v) is 11.0. The third-order valence-electron chi connectivity index (χ3n) is 5.91. The Kier molecular flexibility index (Phi) is 10.3. The molecule has 4 nitrogen and oxygen atoms in total. The van der Waals surface area contributed by atoms with Crippen LogP contribution in [0.4, 0.5) is 0 Å². The molecule has 166 valence electrons. The number of piperidine rings is 1. The van der Waals surface area contributed by atoms with Gasteiger partial charge in [0.2, 0.25) is 0 Å². The summed E-state index contributed by atoms with van der Waals surface area (Å²) in [4.78, 5) is 6.91. The molecule has 0 amide bonds. The molecule has 1 N–H and O–H groups in total. The van der Waals surface area contributed by atoms with Crippen molar-refractivity contribution in [1.82, 2.24) is 9.88 Å². The molecular weight excluding hydrogens is 440 g/mol. The molecule has 1 aromatic heterocycles. The summed E-state index contributed by atoms with van der Waals surface area (Å²) in [5, 5.41) is 12.1. The predicted octanol–water partition coefficient (Wildman–Crippen LogP) is 4.56. The molecule has 3 fully saturated rings. The van der Waals surface area contributed by atoms with Gasteiger partial charge < -0.3 is 14.7 Å². The van der Waals surface area contributed by atoms with Crippen LogP contribution in [0.5, 0.6) is 5.75 Å². The summed E-state index contributed by atoms with van der Waals surface area (Å²) in [7, 11) is 1.65. The van der Waals surface area contributed by atoms with Crippen molar-refractivity contribution in [2.75, 3.05) is 26.7 Å². The fourth-order valence-corrected chi connectivity index (χ4v) is 4.24. The Hall–Kier alpha value is -1.13. The zero-order valence-corrected chi connectivity index (χ0v) is 19.5. The largest absolute Gasteiger partial charge is 2.00 e. The van der Waals surface area contributed by atoms with E-state index in [1.165, 1.54) is 25.2 Å². The monoisotopic (exact) mass is 470 g/mol. The Labute approximate surface area is 204 Å². The van der Waals surface area contributed by atoms with Gasteiger partial charge in [-0.05, 0) is 107 Å². The second kappa shape index (κ2) is 12.9. The van der Waals surface area contributed by atoms with Gasteiger partial charge in [-0.25, -0.2) is 0 Å². The number of nitrogens with zero attached hydrogens (tertiary/aromatic N) is 2. The number of likely N-dealkylation sites (tertiary alicyclic amines) is 1. The molecule has 2 saturated carbocycles. The first kappa shape index (κ1) is 25.5. The number of aliphatic hydroxyl groups excluding tert-OH is 1. The molecule has 3 aliphatic rings. The Morgan fingerprint density at radius 1 is 0.969 bits per heavy atom. The van der Waals surface area contributed by atoms with Crippen LogP contribution in [0.2, 0.25) is 0 Å². The number of pyridine rings is 1. The van der Waals surface area contributed by atoms with Crippen LogP contribution in [0.25, 0.3) is 10.9 Å². The summed E-state index contributed by atoms with van der Waals surface area (Å²) in [6, 6.07) is 7.69. The molecular formula is C27H30FeN2O2+2. The number of aliphatic hydroxyl groups is 1. The Balaban J connectivity index is 0.000000427. The molecule has 1 aliphatic heterocycles. The van der Waals surface area contributed by atoms with Crippen LogP contribution in [-0.2, 0) is 17.1 Å². The van der Waals surface area contributed by atoms with Gasteiger partial charge in [-0.3, -0.25) is 4.98 Å². The number of methoxy groups -OCH3 is 1. The molecule has 1 saturated heterocycles. The maximum absolute atomic E-state index is 11.2. The molecule has 10 radical (unpaired) electrons. The molecule has 2 aliphatic carbocycles. The Morgan fingerprint density at radius 2 is 1.69 bits per heavy atom. The van der Waals surface area contributed by atoms with E-state index in [1.807, 2.05) is 69.2 Å². The number of benzene rings is 1. The van der Waals surface area contributed by atoms with Gasteiger partial charge in [0.15, 0.2) is 0 Å². The van der Waals surface area contributed by atoms with Gasteiger partial charge in [0.05, 0.1) is 18.7 Å². The van der Waals surface area contributed by atoms with Crippen LogP contribution < -0.4 is 4.74 Å². The van der Waals surface area contributed by atoms with E-state index in [0.717, 1.165) is 47.8 Å². The van der Waals surface area contributed by atoms with E-state index in [4.69, 9.17) is 4.74 Å². The standard InChI is InChI=1S/C22H25N2O2.C5H5.Fe/c1-26-17-8-9-21-20(14-17)19(10-11-23-21)22(25)18-7-5-6-16(18)15-24-12-3-2-4-13-24;1-2-4-5-3-1;/h5-11,14,22,25H,2-4,12-13,15H2,1H3;1-5H;/q;;+2/t22-;;/m0../s1. The predicted molar refractivity (Wildman–Crippen MR) is 124 cm³/mol. The smallest absolute Gasteiger partial charge is 0.497 e. The number of hydrogen-bond acceptors (Lipinski definition) is 4. The van der Waals surface area contributed by atoms with Gasteiger partial charge in [0.1, 0.15) is 5.75 Å². The molecule has 32 heavy (non-hydrogen) atoms. The van der Waals surface area contributed by atoms with Crippen molar-refractivity contribution in [3.8, 4) is 5.75 Å². The summed E-state index contributed by atoms with van der Waals surface area (Å²) in [5.74, 6) is 2.98. The number of ether oxygens (including phenoxy) is 1. The number of aromatic nitrogens is 1.